The first-order chi connectivity index (χ1) is 9.33. The van der Waals surface area contributed by atoms with Gasteiger partial charge in [-0.3, -0.25) is 0 Å². The quantitative estimate of drug-likeness (QED) is 0.742. The molecule has 110 valence electrons. The Labute approximate surface area is 117 Å². The molecule has 1 aliphatic heterocycles. The van der Waals surface area contributed by atoms with Gasteiger partial charge in [0.1, 0.15) is 0 Å². The molecule has 0 aromatic heterocycles. The lowest BCUT2D eigenvalue weighted by atomic mass is 9.92. The molecule has 3 heteroatoms. The van der Waals surface area contributed by atoms with E-state index in [4.69, 9.17) is 4.74 Å². The zero-order chi connectivity index (χ0) is 13.1. The molecule has 2 aliphatic carbocycles. The van der Waals surface area contributed by atoms with Gasteiger partial charge in [-0.05, 0) is 62.8 Å². The van der Waals surface area contributed by atoms with Crippen LogP contribution in [-0.2, 0) is 4.74 Å². The SMILES string of the molecule is COCCC1(CNC2CCCC2C2CCCN2)CC1. The highest BCUT2D eigenvalue weighted by molar-refractivity contribution is 4.98. The van der Waals surface area contributed by atoms with Crippen LogP contribution in [0.5, 0.6) is 0 Å². The molecule has 3 unspecified atom stereocenters. The summed E-state index contributed by atoms with van der Waals surface area (Å²) in [5, 5.41) is 7.64. The van der Waals surface area contributed by atoms with Gasteiger partial charge >= 0.3 is 0 Å². The number of ether oxygens (including phenoxy) is 1. The second-order valence-corrected chi connectivity index (χ2v) is 7.03. The summed E-state index contributed by atoms with van der Waals surface area (Å²) in [7, 11) is 1.82. The lowest BCUT2D eigenvalue weighted by Crippen LogP contribution is -2.44. The molecule has 1 saturated heterocycles. The fraction of sp³-hybridized carbons (Fsp3) is 1.00. The molecule has 0 aromatic rings. The first kappa shape index (κ1) is 13.8. The second kappa shape index (κ2) is 6.11. The van der Waals surface area contributed by atoms with E-state index in [1.165, 1.54) is 64.5 Å². The number of hydrogen-bond acceptors (Lipinski definition) is 3. The van der Waals surface area contributed by atoms with E-state index >= 15 is 0 Å². The lowest BCUT2D eigenvalue weighted by molar-refractivity contribution is 0.168. The second-order valence-electron chi connectivity index (χ2n) is 7.03. The van der Waals surface area contributed by atoms with Gasteiger partial charge in [0, 0.05) is 32.3 Å². The minimum atomic E-state index is 0.590. The fourth-order valence-electron chi connectivity index (χ4n) is 4.16. The molecule has 3 nitrogen and oxygen atoms in total. The van der Waals surface area contributed by atoms with Crippen molar-refractivity contribution >= 4 is 0 Å². The molecule has 0 radical (unpaired) electrons. The zero-order valence-corrected chi connectivity index (χ0v) is 12.4. The van der Waals surface area contributed by atoms with Crippen LogP contribution in [0.25, 0.3) is 0 Å². The zero-order valence-electron chi connectivity index (χ0n) is 12.4. The van der Waals surface area contributed by atoms with Gasteiger partial charge in [-0.2, -0.15) is 0 Å². The van der Waals surface area contributed by atoms with Gasteiger partial charge < -0.3 is 15.4 Å². The molecule has 0 aromatic carbocycles. The van der Waals surface area contributed by atoms with Gasteiger partial charge in [0.15, 0.2) is 0 Å². The standard InChI is InChI=1S/C16H30N2O/c1-19-11-9-16(7-8-16)12-18-15-5-2-4-13(15)14-6-3-10-17-14/h13-15,17-18H,2-12H2,1H3. The molecule has 19 heavy (non-hydrogen) atoms. The molecule has 2 saturated carbocycles. The minimum absolute atomic E-state index is 0.590. The van der Waals surface area contributed by atoms with E-state index in [1.54, 1.807) is 0 Å². The summed E-state index contributed by atoms with van der Waals surface area (Å²) in [6.45, 7) is 3.40. The maximum absolute atomic E-state index is 5.25. The average Bonchev–Trinajstić information content (AvgIpc) is 2.86. The van der Waals surface area contributed by atoms with Crippen LogP contribution in [0.4, 0.5) is 0 Å². The van der Waals surface area contributed by atoms with Gasteiger partial charge in [-0.1, -0.05) is 6.42 Å². The van der Waals surface area contributed by atoms with E-state index in [2.05, 4.69) is 10.6 Å². The summed E-state index contributed by atoms with van der Waals surface area (Å²) in [6.07, 6.45) is 11.1. The monoisotopic (exact) mass is 266 g/mol. The molecule has 3 atom stereocenters. The van der Waals surface area contributed by atoms with E-state index < -0.39 is 0 Å². The molecule has 3 aliphatic rings. The highest BCUT2D eigenvalue weighted by Crippen LogP contribution is 2.48. The van der Waals surface area contributed by atoms with Crippen molar-refractivity contribution < 1.29 is 4.74 Å². The largest absolute Gasteiger partial charge is 0.385 e. The maximum Gasteiger partial charge on any atom is 0.0468 e. The van der Waals surface area contributed by atoms with Crippen molar-refractivity contribution in [3.8, 4) is 0 Å². The van der Waals surface area contributed by atoms with Gasteiger partial charge in [0.2, 0.25) is 0 Å². The van der Waals surface area contributed by atoms with Crippen molar-refractivity contribution in [1.82, 2.24) is 10.6 Å². The maximum atomic E-state index is 5.25. The number of hydrogen-bond donors (Lipinski definition) is 2. The van der Waals surface area contributed by atoms with Crippen LogP contribution in [0.3, 0.4) is 0 Å². The molecule has 0 amide bonds. The van der Waals surface area contributed by atoms with Crippen molar-refractivity contribution in [1.29, 1.82) is 0 Å². The van der Waals surface area contributed by atoms with E-state index in [0.29, 0.717) is 5.41 Å². The van der Waals surface area contributed by atoms with E-state index in [0.717, 1.165) is 24.6 Å². The Bertz CT molecular complexity index is 284. The van der Waals surface area contributed by atoms with Crippen molar-refractivity contribution in [3.05, 3.63) is 0 Å². The topological polar surface area (TPSA) is 33.3 Å². The number of rotatable bonds is 7. The average molecular weight is 266 g/mol. The lowest BCUT2D eigenvalue weighted by Gasteiger charge is -2.28. The van der Waals surface area contributed by atoms with E-state index in [9.17, 15) is 0 Å². The summed E-state index contributed by atoms with van der Waals surface area (Å²) in [6, 6.07) is 1.57. The van der Waals surface area contributed by atoms with Crippen LogP contribution in [0.2, 0.25) is 0 Å². The molecule has 3 rings (SSSR count). The molecular weight excluding hydrogens is 236 g/mol. The third kappa shape index (κ3) is 3.32. The van der Waals surface area contributed by atoms with Crippen LogP contribution in [-0.4, -0.2) is 38.9 Å². The highest BCUT2D eigenvalue weighted by atomic mass is 16.5. The summed E-state index contributed by atoms with van der Waals surface area (Å²) < 4.78 is 5.25. The summed E-state index contributed by atoms with van der Waals surface area (Å²) in [5.74, 6) is 0.890. The van der Waals surface area contributed by atoms with Crippen LogP contribution in [0, 0.1) is 11.3 Å². The van der Waals surface area contributed by atoms with Crippen LogP contribution in [0.1, 0.15) is 51.4 Å². The van der Waals surface area contributed by atoms with Crippen molar-refractivity contribution in [2.75, 3.05) is 26.8 Å². The van der Waals surface area contributed by atoms with Crippen LogP contribution >= 0.6 is 0 Å². The number of nitrogens with one attached hydrogen (secondary N) is 2. The molecule has 0 bridgehead atoms. The number of methoxy groups -OCH3 is 1. The Morgan fingerprint density at radius 2 is 2.11 bits per heavy atom. The third-order valence-corrected chi connectivity index (χ3v) is 5.72. The minimum Gasteiger partial charge on any atom is -0.385 e. The Kier molecular flexibility index (Phi) is 4.45. The van der Waals surface area contributed by atoms with Gasteiger partial charge in [-0.25, -0.2) is 0 Å². The van der Waals surface area contributed by atoms with Crippen molar-refractivity contribution in [2.24, 2.45) is 11.3 Å². The van der Waals surface area contributed by atoms with Crippen LogP contribution < -0.4 is 10.6 Å². The third-order valence-electron chi connectivity index (χ3n) is 5.72. The van der Waals surface area contributed by atoms with Gasteiger partial charge in [-0.15, -0.1) is 0 Å². The van der Waals surface area contributed by atoms with E-state index in [-0.39, 0.29) is 0 Å². The van der Waals surface area contributed by atoms with Crippen molar-refractivity contribution in [2.45, 2.75) is 63.5 Å². The van der Waals surface area contributed by atoms with Crippen molar-refractivity contribution in [3.63, 3.8) is 0 Å². The van der Waals surface area contributed by atoms with Gasteiger partial charge in [0.05, 0.1) is 0 Å². The molecular formula is C16H30N2O. The first-order valence-electron chi connectivity index (χ1n) is 8.29. The summed E-state index contributed by atoms with van der Waals surface area (Å²) in [5.41, 5.74) is 0.590. The normalized spacial score (nSPS) is 36.8. The predicted molar refractivity (Wildman–Crippen MR) is 78.3 cm³/mol. The molecule has 1 heterocycles. The van der Waals surface area contributed by atoms with E-state index in [1.807, 2.05) is 7.11 Å². The first-order valence-corrected chi connectivity index (χ1v) is 8.29. The van der Waals surface area contributed by atoms with Gasteiger partial charge in [0.25, 0.3) is 0 Å². The Morgan fingerprint density at radius 1 is 1.21 bits per heavy atom. The Balaban J connectivity index is 1.46. The predicted octanol–water partition coefficient (Wildman–Crippen LogP) is 2.31. The molecule has 3 fully saturated rings. The smallest absolute Gasteiger partial charge is 0.0468 e. The summed E-state index contributed by atoms with van der Waals surface area (Å²) in [4.78, 5) is 0. The molecule has 2 N–H and O–H groups in total. The summed E-state index contributed by atoms with van der Waals surface area (Å²) >= 11 is 0. The Morgan fingerprint density at radius 3 is 2.79 bits per heavy atom. The fourth-order valence-corrected chi connectivity index (χ4v) is 4.16. The van der Waals surface area contributed by atoms with Crippen LogP contribution in [0.15, 0.2) is 0 Å². The highest BCUT2D eigenvalue weighted by Gasteiger charge is 2.43. The Hall–Kier alpha value is -0.120. The molecule has 0 spiro atoms.